The molecule has 188 valence electrons. The number of carboxylic acids is 1. The largest absolute Gasteiger partial charge is 0.495 e. The number of urea groups is 1. The third-order valence-electron chi connectivity index (χ3n) is 7.01. The van der Waals surface area contributed by atoms with E-state index in [9.17, 15) is 19.5 Å². The number of carbonyl (C=O) groups is 3. The van der Waals surface area contributed by atoms with Gasteiger partial charge in [0.2, 0.25) is 5.91 Å². The summed E-state index contributed by atoms with van der Waals surface area (Å²) in [7, 11) is 3.13. The molecule has 1 fully saturated rings. The lowest BCUT2D eigenvalue weighted by Gasteiger charge is -2.36. The molecule has 1 saturated carbocycles. The van der Waals surface area contributed by atoms with Crippen molar-refractivity contribution in [3.05, 3.63) is 53.6 Å². The number of hydrogen-bond donors (Lipinski definition) is 3. The normalized spacial score (nSPS) is 17.9. The van der Waals surface area contributed by atoms with Gasteiger partial charge in [0.25, 0.3) is 0 Å². The first kappa shape index (κ1) is 26.1. The van der Waals surface area contributed by atoms with Crippen LogP contribution in [0, 0.1) is 12.8 Å². The average molecular weight is 482 g/mol. The highest BCUT2D eigenvalue weighted by Crippen LogP contribution is 2.37. The molecule has 0 aromatic heterocycles. The molecular weight excluding hydrogens is 446 g/mol. The summed E-state index contributed by atoms with van der Waals surface area (Å²) in [5.74, 6) is -0.351. The second-order valence-electron chi connectivity index (χ2n) is 9.71. The minimum absolute atomic E-state index is 0.105. The van der Waals surface area contributed by atoms with Crippen molar-refractivity contribution in [2.24, 2.45) is 5.92 Å². The first-order valence-electron chi connectivity index (χ1n) is 11.9. The van der Waals surface area contributed by atoms with E-state index in [1.807, 2.05) is 49.4 Å². The Morgan fingerprint density at radius 1 is 1.00 bits per heavy atom. The fraction of sp³-hybridized carbons (Fsp3) is 0.444. The molecule has 8 heteroatoms. The van der Waals surface area contributed by atoms with E-state index in [1.54, 1.807) is 28.0 Å². The number of nitrogens with one attached hydrogen (secondary N) is 2. The fourth-order valence-corrected chi connectivity index (χ4v) is 4.41. The van der Waals surface area contributed by atoms with Crippen molar-refractivity contribution in [3.63, 3.8) is 0 Å². The molecule has 3 amide bonds. The van der Waals surface area contributed by atoms with Crippen molar-refractivity contribution in [1.29, 1.82) is 0 Å². The maximum Gasteiger partial charge on any atom is 0.329 e. The second-order valence-corrected chi connectivity index (χ2v) is 9.71. The number of nitrogens with zero attached hydrogens (tertiary/aromatic N) is 1. The van der Waals surface area contributed by atoms with Crippen molar-refractivity contribution in [2.75, 3.05) is 24.8 Å². The first-order valence-corrected chi connectivity index (χ1v) is 11.9. The summed E-state index contributed by atoms with van der Waals surface area (Å²) >= 11 is 0. The summed E-state index contributed by atoms with van der Waals surface area (Å²) < 4.78 is 5.30. The topological polar surface area (TPSA) is 108 Å². The van der Waals surface area contributed by atoms with E-state index in [0.29, 0.717) is 23.0 Å². The zero-order chi connectivity index (χ0) is 25.8. The van der Waals surface area contributed by atoms with Gasteiger partial charge in [-0.3, -0.25) is 4.79 Å². The van der Waals surface area contributed by atoms with Crippen LogP contribution in [0.25, 0.3) is 0 Å². The molecule has 0 atom stereocenters. The number of likely N-dealkylation sites (N-methyl/N-ethyl adjacent to an activating group) is 1. The van der Waals surface area contributed by atoms with Crippen LogP contribution >= 0.6 is 0 Å². The van der Waals surface area contributed by atoms with E-state index < -0.39 is 11.5 Å². The lowest BCUT2D eigenvalue weighted by Crippen LogP contribution is -2.52. The van der Waals surface area contributed by atoms with Crippen LogP contribution < -0.4 is 15.4 Å². The zero-order valence-electron chi connectivity index (χ0n) is 21.1. The van der Waals surface area contributed by atoms with Gasteiger partial charge < -0.3 is 25.4 Å². The van der Waals surface area contributed by atoms with Crippen LogP contribution in [0.2, 0.25) is 0 Å². The first-order chi connectivity index (χ1) is 16.5. The highest BCUT2D eigenvalue weighted by molar-refractivity contribution is 6.00. The molecular formula is C27H35N3O5. The predicted molar refractivity (Wildman–Crippen MR) is 136 cm³/mol. The number of aliphatic carboxylic acids is 1. The Labute approximate surface area is 206 Å². The van der Waals surface area contributed by atoms with E-state index in [-0.39, 0.29) is 17.9 Å². The number of carboxylic acid groups (broad SMARTS) is 1. The minimum Gasteiger partial charge on any atom is -0.495 e. The van der Waals surface area contributed by atoms with Crippen molar-refractivity contribution in [2.45, 2.75) is 57.9 Å². The maximum absolute atomic E-state index is 12.8. The summed E-state index contributed by atoms with van der Waals surface area (Å²) in [6.45, 7) is 5.04. The second kappa shape index (κ2) is 10.8. The third kappa shape index (κ3) is 6.12. The zero-order valence-corrected chi connectivity index (χ0v) is 21.1. The quantitative estimate of drug-likeness (QED) is 0.501. The molecule has 0 radical (unpaired) electrons. The molecule has 1 aliphatic carbocycles. The van der Waals surface area contributed by atoms with Gasteiger partial charge in [0.15, 0.2) is 0 Å². The number of benzene rings is 2. The average Bonchev–Trinajstić information content (AvgIpc) is 2.83. The number of carbonyl (C=O) groups excluding carboxylic acids is 2. The van der Waals surface area contributed by atoms with Crippen LogP contribution in [0.4, 0.5) is 16.2 Å². The molecule has 1 aliphatic rings. The molecule has 8 nitrogen and oxygen atoms in total. The Morgan fingerprint density at radius 2 is 1.63 bits per heavy atom. The van der Waals surface area contributed by atoms with Gasteiger partial charge in [-0.15, -0.1) is 0 Å². The molecule has 35 heavy (non-hydrogen) atoms. The Kier molecular flexibility index (Phi) is 8.04. The van der Waals surface area contributed by atoms with E-state index in [2.05, 4.69) is 10.6 Å². The molecule has 0 aliphatic heterocycles. The molecule has 3 rings (SSSR count). The van der Waals surface area contributed by atoms with E-state index in [0.717, 1.165) is 31.2 Å². The van der Waals surface area contributed by atoms with Gasteiger partial charge in [-0.2, -0.15) is 0 Å². The standard InChI is InChI=1S/C27H35N3O5/c1-17-6-15-23(35-5)22(16-17)29-26(34)28-21-13-11-19(12-14-21)18-7-9-20(10-8-18)24(31)30(4)27(2,3)25(32)33/h6,11-16,18,20H,7-10H2,1-5H3,(H,32,33)(H2,28,29,34)/t18-,20-. The minimum atomic E-state index is -1.23. The molecule has 0 unspecified atom stereocenters. The van der Waals surface area contributed by atoms with Crippen LogP contribution in [0.15, 0.2) is 42.5 Å². The smallest absolute Gasteiger partial charge is 0.329 e. The van der Waals surface area contributed by atoms with Crippen LogP contribution in [-0.2, 0) is 9.59 Å². The van der Waals surface area contributed by atoms with Crippen LogP contribution in [-0.4, -0.2) is 47.6 Å². The number of methoxy groups -OCH3 is 1. The molecule has 0 saturated heterocycles. The third-order valence-corrected chi connectivity index (χ3v) is 7.01. The van der Waals surface area contributed by atoms with Gasteiger partial charge in [-0.1, -0.05) is 18.2 Å². The highest BCUT2D eigenvalue weighted by atomic mass is 16.5. The van der Waals surface area contributed by atoms with Gasteiger partial charge in [0, 0.05) is 18.7 Å². The molecule has 2 aromatic carbocycles. The van der Waals surface area contributed by atoms with Crippen molar-refractivity contribution >= 4 is 29.3 Å². The Hall–Kier alpha value is -3.55. The molecule has 3 N–H and O–H groups in total. The van der Waals surface area contributed by atoms with Gasteiger partial charge in [0.1, 0.15) is 11.3 Å². The molecule has 2 aromatic rings. The number of aryl methyl sites for hydroxylation is 1. The van der Waals surface area contributed by atoms with Gasteiger partial charge in [-0.05, 0) is 87.8 Å². The van der Waals surface area contributed by atoms with Gasteiger partial charge in [0.05, 0.1) is 12.8 Å². The summed E-state index contributed by atoms with van der Waals surface area (Å²) in [5.41, 5.74) is 2.23. The number of rotatable bonds is 7. The van der Waals surface area contributed by atoms with Crippen LogP contribution in [0.3, 0.4) is 0 Å². The number of anilines is 2. The van der Waals surface area contributed by atoms with Crippen LogP contribution in [0.5, 0.6) is 5.75 Å². The lowest BCUT2D eigenvalue weighted by atomic mass is 9.78. The van der Waals surface area contributed by atoms with E-state index in [4.69, 9.17) is 4.74 Å². The molecule has 0 heterocycles. The number of ether oxygens (including phenoxy) is 1. The van der Waals surface area contributed by atoms with Gasteiger partial charge >= 0.3 is 12.0 Å². The van der Waals surface area contributed by atoms with Crippen molar-refractivity contribution in [1.82, 2.24) is 4.90 Å². The summed E-state index contributed by atoms with van der Waals surface area (Å²) in [6.07, 6.45) is 3.17. The number of amides is 3. The maximum atomic E-state index is 12.8. The van der Waals surface area contributed by atoms with Crippen LogP contribution in [0.1, 0.15) is 56.6 Å². The Morgan fingerprint density at radius 3 is 2.20 bits per heavy atom. The Balaban J connectivity index is 1.55. The van der Waals surface area contributed by atoms with E-state index >= 15 is 0 Å². The summed E-state index contributed by atoms with van der Waals surface area (Å²) in [6, 6.07) is 13.0. The van der Waals surface area contributed by atoms with Crippen molar-refractivity contribution in [3.8, 4) is 5.75 Å². The summed E-state index contributed by atoms with van der Waals surface area (Å²) in [4.78, 5) is 38.1. The lowest BCUT2D eigenvalue weighted by molar-refractivity contribution is -0.157. The monoisotopic (exact) mass is 481 g/mol. The fourth-order valence-electron chi connectivity index (χ4n) is 4.41. The SMILES string of the molecule is COc1ccc(C)cc1NC(=O)Nc1ccc([C@H]2CC[C@H](C(=O)N(C)C(C)(C)C(=O)O)CC2)cc1. The molecule has 0 spiro atoms. The predicted octanol–water partition coefficient (Wildman–Crippen LogP) is 5.24. The number of hydrogen-bond acceptors (Lipinski definition) is 4. The highest BCUT2D eigenvalue weighted by Gasteiger charge is 2.38. The Bertz CT molecular complexity index is 1070. The summed E-state index contributed by atoms with van der Waals surface area (Å²) in [5, 5.41) is 15.1. The molecule has 0 bridgehead atoms. The van der Waals surface area contributed by atoms with E-state index in [1.165, 1.54) is 10.5 Å². The van der Waals surface area contributed by atoms with Crippen molar-refractivity contribution < 1.29 is 24.2 Å². The van der Waals surface area contributed by atoms with Gasteiger partial charge in [-0.25, -0.2) is 9.59 Å².